The lowest BCUT2D eigenvalue weighted by atomic mass is 10.1. The molecular formula is C14H11F3N2O. The van der Waals surface area contributed by atoms with Crippen molar-refractivity contribution in [2.75, 3.05) is 0 Å². The van der Waals surface area contributed by atoms with E-state index >= 15 is 0 Å². The monoisotopic (exact) mass is 280 g/mol. The van der Waals surface area contributed by atoms with Gasteiger partial charge in [-0.1, -0.05) is 0 Å². The second kappa shape index (κ2) is 5.64. The molecule has 0 amide bonds. The molecule has 0 aliphatic carbocycles. The van der Waals surface area contributed by atoms with Crippen LogP contribution in [0.15, 0.2) is 36.4 Å². The zero-order chi connectivity index (χ0) is 14.7. The predicted octanol–water partition coefficient (Wildman–Crippen LogP) is 2.97. The van der Waals surface area contributed by atoms with Crippen molar-refractivity contribution in [3.63, 3.8) is 0 Å². The van der Waals surface area contributed by atoms with Crippen LogP contribution in [0.1, 0.15) is 11.1 Å². The fourth-order valence-corrected chi connectivity index (χ4v) is 1.67. The van der Waals surface area contributed by atoms with Gasteiger partial charge in [-0.25, -0.2) is 13.2 Å². The van der Waals surface area contributed by atoms with Crippen LogP contribution in [0.3, 0.4) is 0 Å². The lowest BCUT2D eigenvalue weighted by Crippen LogP contribution is -2.12. The van der Waals surface area contributed by atoms with Gasteiger partial charge in [-0.15, -0.1) is 0 Å². The number of hydrogen-bond acceptors (Lipinski definition) is 2. The van der Waals surface area contributed by atoms with Crippen molar-refractivity contribution in [1.82, 2.24) is 0 Å². The third-order valence-corrected chi connectivity index (χ3v) is 2.51. The zero-order valence-corrected chi connectivity index (χ0v) is 10.3. The van der Waals surface area contributed by atoms with Gasteiger partial charge < -0.3 is 10.5 Å². The van der Waals surface area contributed by atoms with Crippen molar-refractivity contribution in [3.8, 4) is 5.75 Å². The summed E-state index contributed by atoms with van der Waals surface area (Å²) in [6.45, 7) is -0.0963. The Balaban J connectivity index is 2.16. The predicted molar refractivity (Wildman–Crippen MR) is 68.1 cm³/mol. The second-order valence-electron chi connectivity index (χ2n) is 4.16. The standard InChI is InChI=1S/C14H11F3N2O/c15-10-2-8(1-9(3-10)14(18)19)7-20-13-5-11(16)4-12(17)6-13/h1-6H,7H2,(H3,18,19). The molecule has 0 aliphatic heterocycles. The molecule has 3 nitrogen and oxygen atoms in total. The summed E-state index contributed by atoms with van der Waals surface area (Å²) in [5.74, 6) is -2.37. The van der Waals surface area contributed by atoms with Crippen LogP contribution in [0.4, 0.5) is 13.2 Å². The highest BCUT2D eigenvalue weighted by molar-refractivity contribution is 5.95. The van der Waals surface area contributed by atoms with Crippen LogP contribution in [-0.4, -0.2) is 5.84 Å². The van der Waals surface area contributed by atoms with Crippen LogP contribution in [0.25, 0.3) is 0 Å². The molecule has 0 bridgehead atoms. The van der Waals surface area contributed by atoms with E-state index in [4.69, 9.17) is 15.9 Å². The van der Waals surface area contributed by atoms with Crippen molar-refractivity contribution < 1.29 is 17.9 Å². The Morgan fingerprint density at radius 1 is 0.950 bits per heavy atom. The highest BCUT2D eigenvalue weighted by atomic mass is 19.1. The fourth-order valence-electron chi connectivity index (χ4n) is 1.67. The van der Waals surface area contributed by atoms with Crippen LogP contribution in [0.2, 0.25) is 0 Å². The van der Waals surface area contributed by atoms with Gasteiger partial charge in [-0.05, 0) is 23.8 Å². The Kier molecular flexibility index (Phi) is 3.93. The summed E-state index contributed by atoms with van der Waals surface area (Å²) in [6.07, 6.45) is 0. The molecule has 0 unspecified atom stereocenters. The van der Waals surface area contributed by atoms with Gasteiger partial charge in [0.1, 0.15) is 35.6 Å². The number of halogens is 3. The highest BCUT2D eigenvalue weighted by Gasteiger charge is 2.06. The van der Waals surface area contributed by atoms with Gasteiger partial charge >= 0.3 is 0 Å². The van der Waals surface area contributed by atoms with E-state index in [1.54, 1.807) is 0 Å². The number of nitrogens with one attached hydrogen (secondary N) is 1. The minimum atomic E-state index is -0.760. The molecule has 0 heterocycles. The molecule has 20 heavy (non-hydrogen) atoms. The Morgan fingerprint density at radius 2 is 1.55 bits per heavy atom. The summed E-state index contributed by atoms with van der Waals surface area (Å²) in [5.41, 5.74) is 5.89. The average Bonchev–Trinajstić information content (AvgIpc) is 2.34. The lowest BCUT2D eigenvalue weighted by Gasteiger charge is -2.08. The van der Waals surface area contributed by atoms with Gasteiger partial charge in [0, 0.05) is 23.8 Å². The summed E-state index contributed by atoms with van der Waals surface area (Å²) in [5, 5.41) is 7.25. The summed E-state index contributed by atoms with van der Waals surface area (Å²) < 4.78 is 44.4. The van der Waals surface area contributed by atoms with E-state index in [-0.39, 0.29) is 23.8 Å². The van der Waals surface area contributed by atoms with Crippen LogP contribution >= 0.6 is 0 Å². The van der Waals surface area contributed by atoms with E-state index in [1.165, 1.54) is 12.1 Å². The molecule has 0 spiro atoms. The largest absolute Gasteiger partial charge is 0.489 e. The number of amidine groups is 1. The summed E-state index contributed by atoms with van der Waals surface area (Å²) in [4.78, 5) is 0. The van der Waals surface area contributed by atoms with Gasteiger partial charge in [-0.2, -0.15) is 0 Å². The summed E-state index contributed by atoms with van der Waals surface area (Å²) >= 11 is 0. The fraction of sp³-hybridized carbons (Fsp3) is 0.0714. The second-order valence-corrected chi connectivity index (χ2v) is 4.16. The molecule has 6 heteroatoms. The van der Waals surface area contributed by atoms with Crippen molar-refractivity contribution in [1.29, 1.82) is 5.41 Å². The molecule has 0 saturated carbocycles. The first-order chi connectivity index (χ1) is 9.44. The van der Waals surface area contributed by atoms with E-state index in [0.717, 1.165) is 24.3 Å². The van der Waals surface area contributed by atoms with E-state index < -0.39 is 17.5 Å². The van der Waals surface area contributed by atoms with Gasteiger partial charge in [0.25, 0.3) is 0 Å². The van der Waals surface area contributed by atoms with Gasteiger partial charge in [0.2, 0.25) is 0 Å². The minimum absolute atomic E-state index is 0.00358. The topological polar surface area (TPSA) is 59.1 Å². The maximum Gasteiger partial charge on any atom is 0.129 e. The average molecular weight is 280 g/mol. The van der Waals surface area contributed by atoms with Crippen molar-refractivity contribution in [3.05, 3.63) is 65.0 Å². The Bertz CT molecular complexity index is 639. The van der Waals surface area contributed by atoms with Gasteiger partial charge in [0.05, 0.1) is 0 Å². The Hall–Kier alpha value is -2.50. The SMILES string of the molecule is N=C(N)c1cc(F)cc(COc2cc(F)cc(F)c2)c1. The summed E-state index contributed by atoms with van der Waals surface area (Å²) in [6, 6.07) is 6.56. The molecule has 0 aromatic heterocycles. The molecule has 3 N–H and O–H groups in total. The van der Waals surface area contributed by atoms with Crippen LogP contribution in [0, 0.1) is 22.9 Å². The molecule has 0 radical (unpaired) electrons. The van der Waals surface area contributed by atoms with Gasteiger partial charge in [-0.3, -0.25) is 5.41 Å². The summed E-state index contributed by atoms with van der Waals surface area (Å²) in [7, 11) is 0. The Labute approximate surface area is 113 Å². The molecule has 104 valence electrons. The lowest BCUT2D eigenvalue weighted by molar-refractivity contribution is 0.302. The zero-order valence-electron chi connectivity index (χ0n) is 10.3. The number of hydrogen-bond donors (Lipinski definition) is 2. The van der Waals surface area contributed by atoms with Crippen molar-refractivity contribution in [2.24, 2.45) is 5.73 Å². The minimum Gasteiger partial charge on any atom is -0.489 e. The Morgan fingerprint density at radius 3 is 2.15 bits per heavy atom. The van der Waals surface area contributed by atoms with E-state index in [2.05, 4.69) is 0 Å². The number of benzene rings is 2. The quantitative estimate of drug-likeness (QED) is 0.668. The van der Waals surface area contributed by atoms with E-state index in [9.17, 15) is 13.2 Å². The van der Waals surface area contributed by atoms with E-state index in [1.807, 2.05) is 0 Å². The van der Waals surface area contributed by atoms with Crippen molar-refractivity contribution >= 4 is 5.84 Å². The smallest absolute Gasteiger partial charge is 0.129 e. The normalized spacial score (nSPS) is 10.3. The first-order valence-electron chi connectivity index (χ1n) is 5.67. The molecular weight excluding hydrogens is 269 g/mol. The third kappa shape index (κ3) is 3.50. The molecule has 0 atom stereocenters. The highest BCUT2D eigenvalue weighted by Crippen LogP contribution is 2.18. The van der Waals surface area contributed by atoms with Crippen LogP contribution < -0.4 is 10.5 Å². The van der Waals surface area contributed by atoms with E-state index in [0.29, 0.717) is 5.56 Å². The molecule has 0 saturated heterocycles. The molecule has 2 aromatic carbocycles. The first-order valence-corrected chi connectivity index (χ1v) is 5.67. The van der Waals surface area contributed by atoms with Crippen LogP contribution in [-0.2, 0) is 6.61 Å². The van der Waals surface area contributed by atoms with Crippen LogP contribution in [0.5, 0.6) is 5.75 Å². The number of nitrogens with two attached hydrogens (primary N) is 1. The number of rotatable bonds is 4. The molecule has 0 aliphatic rings. The number of ether oxygens (including phenoxy) is 1. The van der Waals surface area contributed by atoms with Gasteiger partial charge in [0.15, 0.2) is 0 Å². The molecule has 0 fully saturated rings. The third-order valence-electron chi connectivity index (χ3n) is 2.51. The maximum atomic E-state index is 13.3. The molecule has 2 rings (SSSR count). The number of nitrogen functional groups attached to an aromatic ring is 1. The molecule has 2 aromatic rings. The maximum absolute atomic E-state index is 13.3. The van der Waals surface area contributed by atoms with Crippen molar-refractivity contribution in [2.45, 2.75) is 6.61 Å². The first kappa shape index (κ1) is 13.9.